The third-order valence-corrected chi connectivity index (χ3v) is 7.39. The van der Waals surface area contributed by atoms with Crippen LogP contribution in [0.25, 0.3) is 0 Å². The lowest BCUT2D eigenvalue weighted by Gasteiger charge is -2.45. The molecule has 2 heterocycles. The number of fused-ring (bicyclic) bond motifs is 2. The number of carbonyl (C=O) groups excluding carboxylic acids is 2. The quantitative estimate of drug-likeness (QED) is 0.663. The molecule has 0 N–H and O–H groups in total. The highest BCUT2D eigenvalue weighted by atomic mass is 32.2. The Labute approximate surface area is 190 Å². The zero-order valence-corrected chi connectivity index (χ0v) is 19.7. The van der Waals surface area contributed by atoms with Crippen molar-refractivity contribution in [3.05, 3.63) is 70.8 Å². The van der Waals surface area contributed by atoms with E-state index in [1.165, 1.54) is 11.1 Å². The van der Waals surface area contributed by atoms with E-state index in [9.17, 15) is 9.59 Å². The van der Waals surface area contributed by atoms with Gasteiger partial charge in [0.1, 0.15) is 5.37 Å². The van der Waals surface area contributed by atoms with Gasteiger partial charge < -0.3 is 9.80 Å². The summed E-state index contributed by atoms with van der Waals surface area (Å²) in [7, 11) is 0. The van der Waals surface area contributed by atoms with E-state index in [1.807, 2.05) is 23.1 Å². The van der Waals surface area contributed by atoms with Crippen molar-refractivity contribution in [1.29, 1.82) is 0 Å². The third kappa shape index (κ3) is 4.25. The van der Waals surface area contributed by atoms with E-state index < -0.39 is 0 Å². The maximum atomic E-state index is 13.1. The molecule has 0 radical (unpaired) electrons. The number of amides is 2. The number of nitrogens with zero attached hydrogens (tertiary/aromatic N) is 2. The first-order chi connectivity index (χ1) is 14.8. The van der Waals surface area contributed by atoms with Crippen molar-refractivity contribution in [2.45, 2.75) is 51.4 Å². The molecule has 2 aromatic rings. The molecule has 2 atom stereocenters. The number of thioether (sulfide) groups is 1. The molecule has 2 aliphatic heterocycles. The van der Waals surface area contributed by atoms with Gasteiger partial charge in [0.25, 0.3) is 0 Å². The van der Waals surface area contributed by atoms with Gasteiger partial charge in [-0.05, 0) is 40.3 Å². The molecule has 2 aromatic carbocycles. The van der Waals surface area contributed by atoms with E-state index in [4.69, 9.17) is 0 Å². The van der Waals surface area contributed by atoms with Crippen molar-refractivity contribution in [3.8, 4) is 0 Å². The molecule has 0 aliphatic carbocycles. The Bertz CT molecular complexity index is 981. The van der Waals surface area contributed by atoms with E-state index in [2.05, 4.69) is 62.3 Å². The number of benzene rings is 2. The predicted octanol–water partition coefficient (Wildman–Crippen LogP) is 5.00. The van der Waals surface area contributed by atoms with Gasteiger partial charge in [0.05, 0.1) is 18.9 Å². The summed E-state index contributed by atoms with van der Waals surface area (Å²) in [6.07, 6.45) is 3.78. The highest BCUT2D eigenvalue weighted by molar-refractivity contribution is 7.98. The normalized spacial score (nSPS) is 21.2. The van der Waals surface area contributed by atoms with Crippen LogP contribution in [0.1, 0.15) is 60.9 Å². The summed E-state index contributed by atoms with van der Waals surface area (Å²) in [5, 5.41) is 0.0497. The Morgan fingerprint density at radius 2 is 1.35 bits per heavy atom. The van der Waals surface area contributed by atoms with E-state index in [0.29, 0.717) is 25.9 Å². The van der Waals surface area contributed by atoms with Gasteiger partial charge in [-0.1, -0.05) is 69.3 Å². The van der Waals surface area contributed by atoms with Crippen molar-refractivity contribution in [1.82, 2.24) is 9.80 Å². The number of carbonyl (C=O) groups is 2. The molecule has 4 rings (SSSR count). The first kappa shape index (κ1) is 21.9. The maximum Gasteiger partial charge on any atom is 0.228 e. The molecule has 0 aromatic heterocycles. The van der Waals surface area contributed by atoms with Gasteiger partial charge in [0.15, 0.2) is 0 Å². The summed E-state index contributed by atoms with van der Waals surface area (Å²) < 4.78 is 0. The fourth-order valence-electron chi connectivity index (χ4n) is 5.13. The molecule has 4 nitrogen and oxygen atoms in total. The second kappa shape index (κ2) is 8.70. The molecule has 0 fully saturated rings. The molecule has 2 unspecified atom stereocenters. The zero-order chi connectivity index (χ0) is 22.2. The average Bonchev–Trinajstić information content (AvgIpc) is 2.73. The fraction of sp³-hybridized carbons (Fsp3) is 0.462. The third-order valence-electron chi connectivity index (χ3n) is 6.43. The van der Waals surface area contributed by atoms with Crippen molar-refractivity contribution in [3.63, 3.8) is 0 Å². The molecule has 0 saturated carbocycles. The molecular weight excluding hydrogens is 404 g/mol. The largest absolute Gasteiger partial charge is 0.335 e. The van der Waals surface area contributed by atoms with E-state index in [-0.39, 0.29) is 28.6 Å². The van der Waals surface area contributed by atoms with Crippen molar-refractivity contribution in [2.24, 2.45) is 5.41 Å². The Balaban J connectivity index is 1.51. The Kier molecular flexibility index (Phi) is 6.16. The minimum Gasteiger partial charge on any atom is -0.335 e. The summed E-state index contributed by atoms with van der Waals surface area (Å²) in [6, 6.07) is 16.6. The highest BCUT2D eigenvalue weighted by Crippen LogP contribution is 2.43. The van der Waals surface area contributed by atoms with Gasteiger partial charge in [-0.2, -0.15) is 0 Å². The molecular formula is C26H32N2O2S. The van der Waals surface area contributed by atoms with Gasteiger partial charge in [-0.15, -0.1) is 11.8 Å². The van der Waals surface area contributed by atoms with Crippen LogP contribution in [0.2, 0.25) is 0 Å². The maximum absolute atomic E-state index is 13.1. The predicted molar refractivity (Wildman–Crippen MR) is 127 cm³/mol. The Morgan fingerprint density at radius 1 is 0.839 bits per heavy atom. The fourth-order valence-corrected chi connectivity index (χ4v) is 6.09. The second-order valence-corrected chi connectivity index (χ2v) is 10.6. The van der Waals surface area contributed by atoms with Crippen LogP contribution in [0.4, 0.5) is 0 Å². The topological polar surface area (TPSA) is 40.6 Å². The molecule has 31 heavy (non-hydrogen) atoms. The summed E-state index contributed by atoms with van der Waals surface area (Å²) in [6.45, 7) is 7.95. The lowest BCUT2D eigenvalue weighted by Crippen LogP contribution is -2.47. The van der Waals surface area contributed by atoms with Crippen LogP contribution in [0.3, 0.4) is 0 Å². The van der Waals surface area contributed by atoms with Gasteiger partial charge in [-0.25, -0.2) is 0 Å². The summed E-state index contributed by atoms with van der Waals surface area (Å²) in [5.41, 5.74) is 4.73. The van der Waals surface area contributed by atoms with Crippen LogP contribution in [0, 0.1) is 5.41 Å². The van der Waals surface area contributed by atoms with Crippen LogP contribution >= 0.6 is 11.8 Å². The van der Waals surface area contributed by atoms with Gasteiger partial charge >= 0.3 is 0 Å². The molecule has 164 valence electrons. The van der Waals surface area contributed by atoms with Crippen molar-refractivity contribution >= 4 is 23.6 Å². The first-order valence-electron chi connectivity index (χ1n) is 11.1. The van der Waals surface area contributed by atoms with Crippen molar-refractivity contribution < 1.29 is 9.59 Å². The number of hydrogen-bond acceptors (Lipinski definition) is 3. The van der Waals surface area contributed by atoms with Gasteiger partial charge in [-0.3, -0.25) is 9.59 Å². The lowest BCUT2D eigenvalue weighted by molar-refractivity contribution is -0.137. The van der Waals surface area contributed by atoms with E-state index >= 15 is 0 Å². The lowest BCUT2D eigenvalue weighted by atomic mass is 9.77. The molecule has 0 bridgehead atoms. The summed E-state index contributed by atoms with van der Waals surface area (Å²) >= 11 is 1.71. The number of rotatable bonds is 5. The Morgan fingerprint density at radius 3 is 1.97 bits per heavy atom. The minimum atomic E-state index is -0.0616. The van der Waals surface area contributed by atoms with Crippen LogP contribution in [0.5, 0.6) is 0 Å². The molecule has 2 aliphatic rings. The molecule has 0 spiro atoms. The smallest absolute Gasteiger partial charge is 0.228 e. The highest BCUT2D eigenvalue weighted by Gasteiger charge is 2.39. The average molecular weight is 437 g/mol. The summed E-state index contributed by atoms with van der Waals surface area (Å²) in [4.78, 5) is 30.0. The molecule has 5 heteroatoms. The summed E-state index contributed by atoms with van der Waals surface area (Å²) in [5.74, 6) is 0.371. The molecule has 2 amide bonds. The van der Waals surface area contributed by atoms with E-state index in [0.717, 1.165) is 17.5 Å². The van der Waals surface area contributed by atoms with Crippen LogP contribution < -0.4 is 0 Å². The van der Waals surface area contributed by atoms with Crippen LogP contribution in [-0.2, 0) is 22.4 Å². The zero-order valence-electron chi connectivity index (χ0n) is 18.9. The standard InChI is InChI=1S/C26H32N2O2S/c1-26(2,3)24-20-12-7-5-10-18(20)16-22(29)27(24)14-9-15-28-23(30)17-19-11-6-8-13-21(19)25(28)31-4/h5-8,10-13,24-25H,9,14-17H2,1-4H3. The van der Waals surface area contributed by atoms with Gasteiger partial charge in [0.2, 0.25) is 11.8 Å². The van der Waals surface area contributed by atoms with E-state index in [1.54, 1.807) is 11.8 Å². The number of hydrogen-bond donors (Lipinski definition) is 0. The molecule has 0 saturated heterocycles. The van der Waals surface area contributed by atoms with Crippen LogP contribution in [-0.4, -0.2) is 41.0 Å². The Hall–Kier alpha value is -2.27. The second-order valence-electron chi connectivity index (χ2n) is 9.64. The minimum absolute atomic E-state index is 0.0497. The van der Waals surface area contributed by atoms with Crippen LogP contribution in [0.15, 0.2) is 48.5 Å². The first-order valence-corrected chi connectivity index (χ1v) is 12.4. The van der Waals surface area contributed by atoms with Gasteiger partial charge in [0, 0.05) is 13.1 Å². The monoisotopic (exact) mass is 436 g/mol. The SMILES string of the molecule is CSC1c2ccccc2CC(=O)N1CCCN1C(=O)Cc2ccccc2C1C(C)(C)C. The van der Waals surface area contributed by atoms with Crippen molar-refractivity contribution in [2.75, 3.05) is 19.3 Å².